The van der Waals surface area contributed by atoms with Crippen molar-refractivity contribution in [1.29, 1.82) is 0 Å². The van der Waals surface area contributed by atoms with Gasteiger partial charge in [0.2, 0.25) is 10.5 Å². The van der Waals surface area contributed by atoms with E-state index in [1.54, 1.807) is 0 Å². The molecule has 60 valence electrons. The van der Waals surface area contributed by atoms with E-state index in [4.69, 9.17) is 4.43 Å². The third-order valence-electron chi connectivity index (χ3n) is 1.22. The minimum Gasteiger partial charge on any atom is -0.552 e. The van der Waals surface area contributed by atoms with Gasteiger partial charge in [-0.3, -0.25) is 0 Å². The standard InChI is InChI=1S/C6H5Br3OSi/c7-3-1-2-4(10-11)6(9)5(3)8/h1-2H,11H3. The van der Waals surface area contributed by atoms with Crippen molar-refractivity contribution >= 4 is 58.3 Å². The van der Waals surface area contributed by atoms with Gasteiger partial charge < -0.3 is 4.43 Å². The van der Waals surface area contributed by atoms with Gasteiger partial charge in [0.1, 0.15) is 5.75 Å². The molecule has 0 heterocycles. The van der Waals surface area contributed by atoms with Gasteiger partial charge >= 0.3 is 0 Å². The molecule has 1 aromatic rings. The summed E-state index contributed by atoms with van der Waals surface area (Å²) >= 11 is 10.2. The topological polar surface area (TPSA) is 9.23 Å². The van der Waals surface area contributed by atoms with Gasteiger partial charge in [-0.1, -0.05) is 0 Å². The molecular weight excluding hydrogens is 356 g/mol. The smallest absolute Gasteiger partial charge is 0.204 e. The molecule has 0 amide bonds. The summed E-state index contributed by atoms with van der Waals surface area (Å²) in [6.45, 7) is 0. The Morgan fingerprint density at radius 1 is 1.09 bits per heavy atom. The van der Waals surface area contributed by atoms with E-state index in [9.17, 15) is 0 Å². The average Bonchev–Trinajstić information content (AvgIpc) is 2.01. The molecule has 1 rings (SSSR count). The summed E-state index contributed by atoms with van der Waals surface area (Å²) in [5.74, 6) is 0.881. The Morgan fingerprint density at radius 3 is 2.27 bits per heavy atom. The number of hydrogen-bond donors (Lipinski definition) is 0. The van der Waals surface area contributed by atoms with E-state index in [1.165, 1.54) is 0 Å². The van der Waals surface area contributed by atoms with Crippen molar-refractivity contribution in [1.82, 2.24) is 0 Å². The summed E-state index contributed by atoms with van der Waals surface area (Å²) in [5.41, 5.74) is 0. The van der Waals surface area contributed by atoms with E-state index < -0.39 is 0 Å². The minimum atomic E-state index is 0.705. The van der Waals surface area contributed by atoms with Crippen LogP contribution in [0.4, 0.5) is 0 Å². The first-order valence-electron chi connectivity index (χ1n) is 2.84. The van der Waals surface area contributed by atoms with Crippen LogP contribution in [0, 0.1) is 0 Å². The fourth-order valence-electron chi connectivity index (χ4n) is 0.666. The van der Waals surface area contributed by atoms with Crippen LogP contribution in [-0.2, 0) is 0 Å². The Balaban J connectivity index is 3.25. The lowest BCUT2D eigenvalue weighted by molar-refractivity contribution is 0.611. The molecule has 0 saturated heterocycles. The van der Waals surface area contributed by atoms with Gasteiger partial charge in [0.15, 0.2) is 0 Å². The van der Waals surface area contributed by atoms with E-state index in [1.807, 2.05) is 12.1 Å². The maximum absolute atomic E-state index is 5.22. The molecule has 0 bridgehead atoms. The predicted octanol–water partition coefficient (Wildman–Crippen LogP) is 2.63. The molecule has 0 aliphatic heterocycles. The number of benzene rings is 1. The highest BCUT2D eigenvalue weighted by Gasteiger charge is 2.05. The van der Waals surface area contributed by atoms with Crippen LogP contribution in [0.2, 0.25) is 0 Å². The first-order valence-corrected chi connectivity index (χ1v) is 6.04. The van der Waals surface area contributed by atoms with E-state index in [2.05, 4.69) is 47.8 Å². The molecule has 0 fully saturated rings. The normalized spacial score (nSPS) is 10.1. The van der Waals surface area contributed by atoms with Crippen molar-refractivity contribution in [2.24, 2.45) is 0 Å². The Hall–Kier alpha value is 0.677. The third kappa shape index (κ3) is 2.08. The zero-order valence-electron chi connectivity index (χ0n) is 5.70. The van der Waals surface area contributed by atoms with Gasteiger partial charge in [-0.2, -0.15) is 0 Å². The van der Waals surface area contributed by atoms with Gasteiger partial charge in [0.05, 0.1) is 4.47 Å². The summed E-state index contributed by atoms with van der Waals surface area (Å²) in [6, 6.07) is 3.87. The van der Waals surface area contributed by atoms with Crippen molar-refractivity contribution in [3.63, 3.8) is 0 Å². The van der Waals surface area contributed by atoms with Crippen LogP contribution in [0.15, 0.2) is 25.6 Å². The third-order valence-corrected chi connectivity index (χ3v) is 5.00. The highest BCUT2D eigenvalue weighted by molar-refractivity contribution is 9.14. The lowest BCUT2D eigenvalue weighted by atomic mass is 10.3. The molecule has 0 unspecified atom stereocenters. The summed E-state index contributed by atoms with van der Waals surface area (Å²) < 4.78 is 8.19. The highest BCUT2D eigenvalue weighted by Crippen LogP contribution is 2.37. The number of hydrogen-bond acceptors (Lipinski definition) is 1. The number of rotatable bonds is 1. The van der Waals surface area contributed by atoms with Gasteiger partial charge in [0, 0.05) is 8.95 Å². The Labute approximate surface area is 93.4 Å². The average molecular weight is 361 g/mol. The van der Waals surface area contributed by atoms with Gasteiger partial charge in [0.25, 0.3) is 0 Å². The quantitative estimate of drug-likeness (QED) is 0.552. The van der Waals surface area contributed by atoms with Crippen molar-refractivity contribution in [2.45, 2.75) is 0 Å². The Bertz CT molecular complexity index is 277. The van der Waals surface area contributed by atoms with Crippen LogP contribution in [0.5, 0.6) is 5.75 Å². The van der Waals surface area contributed by atoms with Gasteiger partial charge in [-0.15, -0.1) is 0 Å². The lowest BCUT2D eigenvalue weighted by Crippen LogP contribution is -1.86. The second-order valence-electron chi connectivity index (χ2n) is 1.88. The first kappa shape index (κ1) is 9.76. The predicted molar refractivity (Wildman–Crippen MR) is 60.1 cm³/mol. The summed E-state index contributed by atoms with van der Waals surface area (Å²) in [7, 11) is 0.705. The van der Waals surface area contributed by atoms with Crippen LogP contribution < -0.4 is 4.43 Å². The molecule has 0 N–H and O–H groups in total. The fourth-order valence-corrected chi connectivity index (χ4v) is 2.74. The molecule has 0 radical (unpaired) electrons. The second-order valence-corrected chi connectivity index (χ2v) is 4.73. The van der Waals surface area contributed by atoms with E-state index in [0.29, 0.717) is 10.5 Å². The maximum atomic E-state index is 5.22. The van der Waals surface area contributed by atoms with Crippen molar-refractivity contribution in [2.75, 3.05) is 0 Å². The van der Waals surface area contributed by atoms with Crippen molar-refractivity contribution in [3.05, 3.63) is 25.6 Å². The molecule has 1 nitrogen and oxygen atoms in total. The molecule has 11 heavy (non-hydrogen) atoms. The summed E-state index contributed by atoms with van der Waals surface area (Å²) in [6.07, 6.45) is 0. The zero-order chi connectivity index (χ0) is 8.43. The fraction of sp³-hybridized carbons (Fsp3) is 0. The minimum absolute atomic E-state index is 0.705. The zero-order valence-corrected chi connectivity index (χ0v) is 12.5. The van der Waals surface area contributed by atoms with Crippen molar-refractivity contribution in [3.8, 4) is 5.75 Å². The highest BCUT2D eigenvalue weighted by atomic mass is 79.9. The lowest BCUT2D eigenvalue weighted by Gasteiger charge is -2.06. The molecular formula is C6H5Br3OSi. The van der Waals surface area contributed by atoms with E-state index in [0.717, 1.165) is 19.2 Å². The van der Waals surface area contributed by atoms with Crippen molar-refractivity contribution < 1.29 is 4.43 Å². The molecule has 0 atom stereocenters. The van der Waals surface area contributed by atoms with E-state index >= 15 is 0 Å². The van der Waals surface area contributed by atoms with E-state index in [-0.39, 0.29) is 0 Å². The maximum Gasteiger partial charge on any atom is 0.204 e. The molecule has 0 aromatic heterocycles. The first-order chi connectivity index (χ1) is 5.16. The van der Waals surface area contributed by atoms with Crippen LogP contribution in [0.1, 0.15) is 0 Å². The molecule has 0 saturated carbocycles. The largest absolute Gasteiger partial charge is 0.552 e. The SMILES string of the molecule is [SiH3]Oc1ccc(Br)c(Br)c1Br. The van der Waals surface area contributed by atoms with Crippen LogP contribution in [-0.4, -0.2) is 10.5 Å². The Kier molecular flexibility index (Phi) is 3.61. The summed E-state index contributed by atoms with van der Waals surface area (Å²) in [5, 5.41) is 0. The van der Waals surface area contributed by atoms with Crippen LogP contribution >= 0.6 is 47.8 Å². The molecule has 0 aliphatic carbocycles. The van der Waals surface area contributed by atoms with Gasteiger partial charge in [-0.05, 0) is 59.9 Å². The van der Waals surface area contributed by atoms with Gasteiger partial charge in [-0.25, -0.2) is 0 Å². The monoisotopic (exact) mass is 358 g/mol. The molecule has 1 aromatic carbocycles. The molecule has 0 aliphatic rings. The van der Waals surface area contributed by atoms with Crippen LogP contribution in [0.3, 0.4) is 0 Å². The van der Waals surface area contributed by atoms with Crippen LogP contribution in [0.25, 0.3) is 0 Å². The molecule has 5 heteroatoms. The molecule has 0 spiro atoms. The number of halogens is 3. The second kappa shape index (κ2) is 4.07. The summed E-state index contributed by atoms with van der Waals surface area (Å²) in [4.78, 5) is 0. The Morgan fingerprint density at radius 2 is 1.73 bits per heavy atom.